The third-order valence-electron chi connectivity index (χ3n) is 5.88. The molecule has 3 aromatic heterocycles. The summed E-state index contributed by atoms with van der Waals surface area (Å²) in [4.78, 5) is 31.4. The number of aromatic hydroxyl groups is 1. The van der Waals surface area contributed by atoms with Gasteiger partial charge >= 0.3 is 5.69 Å². The predicted molar refractivity (Wildman–Crippen MR) is 139 cm³/mol. The standard InChI is InChI=1S/C25H22ClN7O3/c1-15(26)12-13-32-20-21(31(2)25(36)28-22(20)34)27-24(32)30-29-19-17-10-6-7-11-18(17)33(23(19)35)14-16-8-4-3-5-9-16/h3-12,35H,13-14H2,1-2H3,(H,28,34,36)/b15-12-,30-29?. The molecule has 11 heteroatoms. The minimum Gasteiger partial charge on any atom is -0.493 e. The molecule has 0 aliphatic heterocycles. The molecular formula is C25H22ClN7O3. The average Bonchev–Trinajstić information content (AvgIpc) is 3.36. The van der Waals surface area contributed by atoms with E-state index >= 15 is 0 Å². The number of rotatable bonds is 6. The van der Waals surface area contributed by atoms with E-state index in [1.54, 1.807) is 17.6 Å². The first-order chi connectivity index (χ1) is 17.3. The molecule has 3 heterocycles. The van der Waals surface area contributed by atoms with Crippen molar-refractivity contribution < 1.29 is 5.11 Å². The smallest absolute Gasteiger partial charge is 0.329 e. The topological polar surface area (TPSA) is 123 Å². The van der Waals surface area contributed by atoms with Crippen molar-refractivity contribution in [2.24, 2.45) is 17.3 Å². The number of nitrogens with one attached hydrogen (secondary N) is 1. The quantitative estimate of drug-likeness (QED) is 0.326. The van der Waals surface area contributed by atoms with Crippen LogP contribution in [-0.4, -0.2) is 28.8 Å². The monoisotopic (exact) mass is 503 g/mol. The first-order valence-corrected chi connectivity index (χ1v) is 11.5. The van der Waals surface area contributed by atoms with E-state index in [2.05, 4.69) is 20.2 Å². The van der Waals surface area contributed by atoms with Gasteiger partial charge in [0.05, 0.1) is 12.1 Å². The van der Waals surface area contributed by atoms with Crippen molar-refractivity contribution >= 4 is 45.3 Å². The van der Waals surface area contributed by atoms with Gasteiger partial charge in [-0.2, -0.15) is 4.98 Å². The number of imidazole rings is 1. The Morgan fingerprint density at radius 3 is 2.56 bits per heavy atom. The lowest BCUT2D eigenvalue weighted by molar-refractivity contribution is 0.429. The number of fused-ring (bicyclic) bond motifs is 2. The van der Waals surface area contributed by atoms with Crippen LogP contribution < -0.4 is 11.2 Å². The number of H-pyrrole nitrogens is 1. The maximum absolute atomic E-state index is 12.6. The first-order valence-electron chi connectivity index (χ1n) is 11.1. The van der Waals surface area contributed by atoms with Crippen LogP contribution in [0.15, 0.2) is 85.5 Å². The summed E-state index contributed by atoms with van der Waals surface area (Å²) in [7, 11) is 1.50. The summed E-state index contributed by atoms with van der Waals surface area (Å²) in [5.74, 6) is 0.0402. The molecule has 36 heavy (non-hydrogen) atoms. The Bertz CT molecular complexity index is 1770. The highest BCUT2D eigenvalue weighted by atomic mass is 35.5. The Morgan fingerprint density at radius 1 is 1.08 bits per heavy atom. The third-order valence-corrected chi connectivity index (χ3v) is 6.04. The lowest BCUT2D eigenvalue weighted by Gasteiger charge is -2.06. The number of benzene rings is 2. The number of allylic oxidation sites excluding steroid dienone is 2. The fraction of sp³-hybridized carbons (Fsp3) is 0.160. The van der Waals surface area contributed by atoms with Crippen LogP contribution in [0, 0.1) is 0 Å². The van der Waals surface area contributed by atoms with Crippen molar-refractivity contribution in [3.8, 4) is 5.88 Å². The Labute approximate surface area is 209 Å². The Hall–Kier alpha value is -4.44. The van der Waals surface area contributed by atoms with Crippen LogP contribution in [0.2, 0.25) is 0 Å². The van der Waals surface area contributed by atoms with E-state index in [9.17, 15) is 14.7 Å². The van der Waals surface area contributed by atoms with Crippen molar-refractivity contribution in [1.82, 2.24) is 23.7 Å². The van der Waals surface area contributed by atoms with E-state index in [0.717, 1.165) is 11.1 Å². The summed E-state index contributed by atoms with van der Waals surface area (Å²) in [5.41, 5.74) is 1.22. The molecule has 5 rings (SSSR count). The molecule has 0 radical (unpaired) electrons. The van der Waals surface area contributed by atoms with E-state index in [-0.39, 0.29) is 35.2 Å². The zero-order valence-electron chi connectivity index (χ0n) is 19.5. The maximum Gasteiger partial charge on any atom is 0.329 e. The first kappa shape index (κ1) is 23.3. The van der Waals surface area contributed by atoms with Crippen LogP contribution in [0.4, 0.5) is 11.6 Å². The normalized spacial score (nSPS) is 12.4. The van der Waals surface area contributed by atoms with Gasteiger partial charge in [-0.05, 0) is 18.6 Å². The molecule has 0 unspecified atom stereocenters. The van der Waals surface area contributed by atoms with Crippen molar-refractivity contribution in [3.05, 3.63) is 92.1 Å². The van der Waals surface area contributed by atoms with Crippen molar-refractivity contribution in [2.75, 3.05) is 0 Å². The number of halogens is 1. The molecule has 0 fully saturated rings. The van der Waals surface area contributed by atoms with Gasteiger partial charge in [-0.1, -0.05) is 66.2 Å². The highest BCUT2D eigenvalue weighted by Gasteiger charge is 2.19. The van der Waals surface area contributed by atoms with Gasteiger partial charge < -0.3 is 9.67 Å². The molecule has 2 N–H and O–H groups in total. The molecule has 0 aliphatic carbocycles. The van der Waals surface area contributed by atoms with Gasteiger partial charge in [-0.15, -0.1) is 10.2 Å². The molecule has 10 nitrogen and oxygen atoms in total. The highest BCUT2D eigenvalue weighted by Crippen LogP contribution is 2.40. The Balaban J connectivity index is 1.66. The van der Waals surface area contributed by atoms with Crippen LogP contribution in [-0.2, 0) is 20.1 Å². The maximum atomic E-state index is 12.6. The molecule has 182 valence electrons. The van der Waals surface area contributed by atoms with E-state index in [4.69, 9.17) is 11.6 Å². The van der Waals surface area contributed by atoms with Gasteiger partial charge in [0.1, 0.15) is 0 Å². The van der Waals surface area contributed by atoms with Gasteiger partial charge in [0.2, 0.25) is 5.88 Å². The number of aromatic nitrogens is 5. The minimum atomic E-state index is -0.593. The number of azo groups is 1. The Morgan fingerprint density at radius 2 is 1.81 bits per heavy atom. The predicted octanol–water partition coefficient (Wildman–Crippen LogP) is 4.69. The van der Waals surface area contributed by atoms with E-state index in [0.29, 0.717) is 17.0 Å². The van der Waals surface area contributed by atoms with Crippen LogP contribution >= 0.6 is 11.6 Å². The summed E-state index contributed by atoms with van der Waals surface area (Å²) >= 11 is 6.02. The van der Waals surface area contributed by atoms with Gasteiger partial charge in [-0.3, -0.25) is 18.9 Å². The number of hydrogen-bond acceptors (Lipinski definition) is 6. The second-order valence-electron chi connectivity index (χ2n) is 8.26. The Kier molecular flexibility index (Phi) is 6.03. The van der Waals surface area contributed by atoms with Crippen LogP contribution in [0.25, 0.3) is 22.1 Å². The molecule has 0 aliphatic rings. The number of nitrogens with zero attached hydrogens (tertiary/aromatic N) is 6. The summed E-state index contributed by atoms with van der Waals surface area (Å²) in [5, 5.41) is 21.0. The molecule has 0 spiro atoms. The molecule has 0 saturated carbocycles. The van der Waals surface area contributed by atoms with Crippen LogP contribution in [0.1, 0.15) is 12.5 Å². The SMILES string of the molecule is C/C(Cl)=C/Cn1c(N=Nc2c(O)n(Cc3ccccc3)c3ccccc23)nc2c1c(=O)[nH]c(=O)n2C. The van der Waals surface area contributed by atoms with Gasteiger partial charge in [-0.25, -0.2) is 4.79 Å². The highest BCUT2D eigenvalue weighted by molar-refractivity contribution is 6.29. The van der Waals surface area contributed by atoms with Crippen LogP contribution in [0.5, 0.6) is 5.88 Å². The molecule has 0 saturated heterocycles. The van der Waals surface area contributed by atoms with Gasteiger partial charge in [0.15, 0.2) is 16.9 Å². The van der Waals surface area contributed by atoms with Crippen LogP contribution in [0.3, 0.4) is 0 Å². The fourth-order valence-electron chi connectivity index (χ4n) is 4.08. The zero-order valence-corrected chi connectivity index (χ0v) is 20.3. The van der Waals surface area contributed by atoms with E-state index < -0.39 is 11.2 Å². The van der Waals surface area contributed by atoms with Crippen molar-refractivity contribution in [2.45, 2.75) is 20.0 Å². The average molecular weight is 504 g/mol. The summed E-state index contributed by atoms with van der Waals surface area (Å²) in [6, 6.07) is 17.3. The lowest BCUT2D eigenvalue weighted by Crippen LogP contribution is -2.29. The van der Waals surface area contributed by atoms with Gasteiger partial charge in [0, 0.05) is 24.0 Å². The largest absolute Gasteiger partial charge is 0.493 e. The fourth-order valence-corrected chi connectivity index (χ4v) is 4.15. The van der Waals surface area contributed by atoms with E-state index in [1.807, 2.05) is 54.6 Å². The molecule has 0 amide bonds. The minimum absolute atomic E-state index is 0.0480. The molecule has 5 aromatic rings. The number of para-hydroxylation sites is 1. The van der Waals surface area contributed by atoms with Crippen molar-refractivity contribution in [1.29, 1.82) is 0 Å². The second kappa shape index (κ2) is 9.31. The second-order valence-corrected chi connectivity index (χ2v) is 8.86. The summed E-state index contributed by atoms with van der Waals surface area (Å²) in [6.07, 6.45) is 1.69. The summed E-state index contributed by atoms with van der Waals surface area (Å²) in [6.45, 7) is 2.34. The molecule has 0 atom stereocenters. The molecule has 2 aromatic carbocycles. The van der Waals surface area contributed by atoms with E-state index in [1.165, 1.54) is 16.2 Å². The van der Waals surface area contributed by atoms with Gasteiger partial charge in [0.25, 0.3) is 11.5 Å². The number of hydrogen-bond donors (Lipinski definition) is 2. The number of aromatic amines is 1. The number of aryl methyl sites for hydroxylation is 1. The third kappa shape index (κ3) is 4.11. The molecule has 0 bridgehead atoms. The zero-order chi connectivity index (χ0) is 25.4. The summed E-state index contributed by atoms with van der Waals surface area (Å²) < 4.78 is 4.51. The molecular weight excluding hydrogens is 482 g/mol. The lowest BCUT2D eigenvalue weighted by atomic mass is 10.2. The van der Waals surface area contributed by atoms with Crippen molar-refractivity contribution in [3.63, 3.8) is 0 Å².